The van der Waals surface area contributed by atoms with Gasteiger partial charge in [0.2, 0.25) is 11.0 Å². The summed E-state index contributed by atoms with van der Waals surface area (Å²) in [5.74, 6) is 0.150. The molecule has 1 heterocycles. The Morgan fingerprint density at radius 2 is 2.24 bits per heavy atom. The van der Waals surface area contributed by atoms with Gasteiger partial charge in [-0.2, -0.15) is 11.8 Å². The molecule has 0 bridgehead atoms. The number of nitrogens with zero attached hydrogens (tertiary/aromatic N) is 3. The summed E-state index contributed by atoms with van der Waals surface area (Å²) in [7, 11) is 0. The number of nitrogens with one attached hydrogen (secondary N) is 1. The summed E-state index contributed by atoms with van der Waals surface area (Å²) in [5.41, 5.74) is -0.286. The highest BCUT2D eigenvalue weighted by atomic mass is 35.5. The number of anilines is 1. The molecule has 6 nitrogen and oxygen atoms in total. The van der Waals surface area contributed by atoms with Crippen molar-refractivity contribution in [3.05, 3.63) is 21.6 Å². The lowest BCUT2D eigenvalue weighted by molar-refractivity contribution is -0.384. The van der Waals surface area contributed by atoms with Gasteiger partial charge in [0.15, 0.2) is 0 Å². The van der Waals surface area contributed by atoms with Crippen molar-refractivity contribution in [1.29, 1.82) is 0 Å². The van der Waals surface area contributed by atoms with E-state index in [0.29, 0.717) is 6.54 Å². The second-order valence-corrected chi connectivity index (χ2v) is 5.81. The van der Waals surface area contributed by atoms with Gasteiger partial charge in [0.05, 0.1) is 4.92 Å². The maximum atomic E-state index is 10.8. The van der Waals surface area contributed by atoms with Gasteiger partial charge in [0.1, 0.15) is 6.33 Å². The Morgan fingerprint density at radius 1 is 1.59 bits per heavy atom. The molecule has 0 aliphatic heterocycles. The van der Waals surface area contributed by atoms with E-state index in [0.717, 1.165) is 0 Å². The van der Waals surface area contributed by atoms with E-state index in [-0.39, 0.29) is 21.4 Å². The molecular weight excluding hydrogens is 264 g/mol. The van der Waals surface area contributed by atoms with E-state index in [4.69, 9.17) is 11.6 Å². The fraction of sp³-hybridized carbons (Fsp3) is 0.556. The Labute approximate surface area is 108 Å². The Kier molecular flexibility index (Phi) is 4.53. The minimum Gasteiger partial charge on any atom is -0.363 e. The van der Waals surface area contributed by atoms with Crippen molar-refractivity contribution >= 4 is 34.9 Å². The van der Waals surface area contributed by atoms with Crippen molar-refractivity contribution in [2.24, 2.45) is 0 Å². The first-order chi connectivity index (χ1) is 7.87. The minimum absolute atomic E-state index is 0.0503. The highest BCUT2D eigenvalue weighted by Gasteiger charge is 2.23. The van der Waals surface area contributed by atoms with Gasteiger partial charge >= 0.3 is 5.69 Å². The van der Waals surface area contributed by atoms with Gasteiger partial charge in [-0.15, -0.1) is 0 Å². The molecule has 0 aliphatic carbocycles. The summed E-state index contributed by atoms with van der Waals surface area (Å²) < 4.78 is -0.0503. The molecule has 17 heavy (non-hydrogen) atoms. The third kappa shape index (κ3) is 3.71. The fourth-order valence-corrected chi connectivity index (χ4v) is 1.44. The molecule has 1 rings (SSSR count). The summed E-state index contributed by atoms with van der Waals surface area (Å²) in [5, 5.41) is 13.6. The summed E-state index contributed by atoms with van der Waals surface area (Å²) >= 11 is 7.33. The largest absolute Gasteiger partial charge is 0.363 e. The van der Waals surface area contributed by atoms with E-state index in [9.17, 15) is 10.1 Å². The average Bonchev–Trinajstić information content (AvgIpc) is 2.26. The topological polar surface area (TPSA) is 81.0 Å². The summed E-state index contributed by atoms with van der Waals surface area (Å²) in [4.78, 5) is 17.7. The number of rotatable bonds is 5. The van der Waals surface area contributed by atoms with Crippen LogP contribution in [0.5, 0.6) is 0 Å². The van der Waals surface area contributed by atoms with Gasteiger partial charge in [-0.1, -0.05) is 11.6 Å². The molecule has 0 fully saturated rings. The van der Waals surface area contributed by atoms with E-state index in [2.05, 4.69) is 15.3 Å². The van der Waals surface area contributed by atoms with Crippen molar-refractivity contribution in [2.75, 3.05) is 18.1 Å². The van der Waals surface area contributed by atoms with Crippen LogP contribution < -0.4 is 5.32 Å². The Balaban J connectivity index is 2.92. The molecule has 1 aromatic heterocycles. The molecule has 0 saturated carbocycles. The predicted molar refractivity (Wildman–Crippen MR) is 69.8 cm³/mol. The second kappa shape index (κ2) is 5.50. The maximum Gasteiger partial charge on any atom is 0.348 e. The number of halogens is 1. The number of aromatic nitrogens is 2. The number of hydrogen-bond acceptors (Lipinski definition) is 6. The van der Waals surface area contributed by atoms with E-state index in [1.54, 1.807) is 11.8 Å². The van der Waals surface area contributed by atoms with Gasteiger partial charge in [-0.3, -0.25) is 10.1 Å². The van der Waals surface area contributed by atoms with Crippen molar-refractivity contribution < 1.29 is 4.92 Å². The average molecular weight is 277 g/mol. The SMILES string of the molecule is CSC(C)(C)CNc1ncnc(Cl)c1[N+](=O)[O-]. The number of nitro groups is 1. The Hall–Kier alpha value is -1.08. The van der Waals surface area contributed by atoms with E-state index >= 15 is 0 Å². The lowest BCUT2D eigenvalue weighted by atomic mass is 10.2. The molecule has 0 radical (unpaired) electrons. The highest BCUT2D eigenvalue weighted by molar-refractivity contribution is 7.99. The molecule has 0 amide bonds. The lowest BCUT2D eigenvalue weighted by Crippen LogP contribution is -2.26. The molecular formula is C9H13ClN4O2S. The predicted octanol–water partition coefficient (Wildman–Crippen LogP) is 2.59. The van der Waals surface area contributed by atoms with E-state index < -0.39 is 4.92 Å². The molecule has 0 aliphatic rings. The quantitative estimate of drug-likeness (QED) is 0.506. The third-order valence-electron chi connectivity index (χ3n) is 2.19. The minimum atomic E-state index is -0.587. The molecule has 94 valence electrons. The fourth-order valence-electron chi connectivity index (χ4n) is 1.02. The zero-order chi connectivity index (χ0) is 13.1. The Morgan fingerprint density at radius 3 is 2.76 bits per heavy atom. The molecule has 0 unspecified atom stereocenters. The van der Waals surface area contributed by atoms with Gasteiger partial charge in [-0.25, -0.2) is 9.97 Å². The van der Waals surface area contributed by atoms with Crippen molar-refractivity contribution in [3.63, 3.8) is 0 Å². The molecule has 8 heteroatoms. The first kappa shape index (κ1) is 14.0. The molecule has 0 aromatic carbocycles. The van der Waals surface area contributed by atoms with Gasteiger partial charge in [0, 0.05) is 11.3 Å². The maximum absolute atomic E-state index is 10.8. The van der Waals surface area contributed by atoms with Crippen LogP contribution in [0, 0.1) is 10.1 Å². The smallest absolute Gasteiger partial charge is 0.348 e. The van der Waals surface area contributed by atoms with E-state index in [1.807, 2.05) is 20.1 Å². The first-order valence-corrected chi connectivity index (χ1v) is 6.41. The van der Waals surface area contributed by atoms with Crippen molar-refractivity contribution in [1.82, 2.24) is 9.97 Å². The summed E-state index contributed by atoms with van der Waals surface area (Å²) in [6, 6.07) is 0. The van der Waals surface area contributed by atoms with Gasteiger partial charge < -0.3 is 5.32 Å². The molecule has 1 aromatic rings. The molecule has 1 N–H and O–H groups in total. The molecule has 0 spiro atoms. The van der Waals surface area contributed by atoms with Crippen LogP contribution in [0.1, 0.15) is 13.8 Å². The van der Waals surface area contributed by atoms with Crippen LogP contribution >= 0.6 is 23.4 Å². The molecule has 0 atom stereocenters. The zero-order valence-corrected chi connectivity index (χ0v) is 11.3. The van der Waals surface area contributed by atoms with Crippen LogP contribution in [0.25, 0.3) is 0 Å². The zero-order valence-electron chi connectivity index (χ0n) is 9.73. The molecule has 0 saturated heterocycles. The van der Waals surface area contributed by atoms with Crippen molar-refractivity contribution in [2.45, 2.75) is 18.6 Å². The highest BCUT2D eigenvalue weighted by Crippen LogP contribution is 2.29. The summed E-state index contributed by atoms with van der Waals surface area (Å²) in [6.45, 7) is 4.60. The standard InChI is InChI=1S/C9H13ClN4O2S/c1-9(2,17-3)4-11-8-6(14(15)16)7(10)12-5-13-8/h5H,4H2,1-3H3,(H,11,12,13). The number of hydrogen-bond donors (Lipinski definition) is 1. The second-order valence-electron chi connectivity index (χ2n) is 3.94. The van der Waals surface area contributed by atoms with Crippen LogP contribution in [-0.4, -0.2) is 32.4 Å². The van der Waals surface area contributed by atoms with Gasteiger partial charge in [-0.05, 0) is 20.1 Å². The van der Waals surface area contributed by atoms with Gasteiger partial charge in [0.25, 0.3) is 0 Å². The first-order valence-electron chi connectivity index (χ1n) is 4.81. The lowest BCUT2D eigenvalue weighted by Gasteiger charge is -2.22. The van der Waals surface area contributed by atoms with Crippen LogP contribution in [0.15, 0.2) is 6.33 Å². The number of thioether (sulfide) groups is 1. The van der Waals surface area contributed by atoms with Crippen LogP contribution in [0.3, 0.4) is 0 Å². The third-order valence-corrected chi connectivity index (χ3v) is 3.72. The summed E-state index contributed by atoms with van der Waals surface area (Å²) in [6.07, 6.45) is 3.17. The normalized spacial score (nSPS) is 11.3. The Bertz CT molecular complexity index is 427. The monoisotopic (exact) mass is 276 g/mol. The van der Waals surface area contributed by atoms with Crippen molar-refractivity contribution in [3.8, 4) is 0 Å². The van der Waals surface area contributed by atoms with Crippen LogP contribution in [-0.2, 0) is 0 Å². The van der Waals surface area contributed by atoms with Crippen LogP contribution in [0.2, 0.25) is 5.15 Å². The van der Waals surface area contributed by atoms with Crippen LogP contribution in [0.4, 0.5) is 11.5 Å². The van der Waals surface area contributed by atoms with E-state index in [1.165, 1.54) is 6.33 Å².